The maximum absolute atomic E-state index is 13.4. The molecule has 3 aromatic rings. The SMILES string of the molecule is CN1CCN(Cc2ccccc2-c2ccc(S(=O)(=O)N3CCN(c4ncc(C(=O)NO)cn4)CC3)cc2)CC1. The van der Waals surface area contributed by atoms with E-state index < -0.39 is 15.9 Å². The molecule has 39 heavy (non-hydrogen) atoms. The van der Waals surface area contributed by atoms with Crippen LogP contribution in [0.4, 0.5) is 5.95 Å². The van der Waals surface area contributed by atoms with Crippen molar-refractivity contribution >= 4 is 21.9 Å². The number of benzene rings is 2. The van der Waals surface area contributed by atoms with E-state index in [1.54, 1.807) is 17.6 Å². The largest absolute Gasteiger partial charge is 0.338 e. The monoisotopic (exact) mass is 551 g/mol. The number of aromatic nitrogens is 2. The normalized spacial score (nSPS) is 17.7. The Morgan fingerprint density at radius 3 is 2.18 bits per heavy atom. The minimum absolute atomic E-state index is 0.132. The highest BCUT2D eigenvalue weighted by molar-refractivity contribution is 7.89. The Morgan fingerprint density at radius 2 is 1.54 bits per heavy atom. The highest BCUT2D eigenvalue weighted by atomic mass is 32.2. The smallest absolute Gasteiger partial charge is 0.277 e. The van der Waals surface area contributed by atoms with Gasteiger partial charge in [-0.15, -0.1) is 0 Å². The molecule has 0 bridgehead atoms. The first-order valence-electron chi connectivity index (χ1n) is 13.0. The predicted octanol–water partition coefficient (Wildman–Crippen LogP) is 1.52. The number of piperazine rings is 2. The Kier molecular flexibility index (Phi) is 8.19. The van der Waals surface area contributed by atoms with Crippen LogP contribution in [0.2, 0.25) is 0 Å². The highest BCUT2D eigenvalue weighted by Crippen LogP contribution is 2.28. The number of hydrogen-bond acceptors (Lipinski definition) is 9. The number of anilines is 1. The van der Waals surface area contributed by atoms with Crippen LogP contribution in [0, 0.1) is 0 Å². The van der Waals surface area contributed by atoms with E-state index in [0.29, 0.717) is 32.1 Å². The van der Waals surface area contributed by atoms with Gasteiger partial charge in [0.25, 0.3) is 5.91 Å². The van der Waals surface area contributed by atoms with Gasteiger partial charge in [0, 0.05) is 71.3 Å². The zero-order chi connectivity index (χ0) is 27.4. The van der Waals surface area contributed by atoms with Crippen molar-refractivity contribution in [3.63, 3.8) is 0 Å². The van der Waals surface area contributed by atoms with Crippen LogP contribution in [0.1, 0.15) is 15.9 Å². The van der Waals surface area contributed by atoms with Crippen molar-refractivity contribution in [2.75, 3.05) is 64.3 Å². The van der Waals surface area contributed by atoms with Gasteiger partial charge in [-0.25, -0.2) is 23.9 Å². The Labute approximate surface area is 228 Å². The van der Waals surface area contributed by atoms with Gasteiger partial charge in [0.15, 0.2) is 0 Å². The fraction of sp³-hybridized carbons (Fsp3) is 0.370. The summed E-state index contributed by atoms with van der Waals surface area (Å²) in [5.74, 6) is -0.289. The van der Waals surface area contributed by atoms with Crippen LogP contribution in [0.3, 0.4) is 0 Å². The van der Waals surface area contributed by atoms with Gasteiger partial charge in [-0.3, -0.25) is 14.9 Å². The van der Waals surface area contributed by atoms with Crippen molar-refractivity contribution < 1.29 is 18.4 Å². The maximum Gasteiger partial charge on any atom is 0.277 e. The molecule has 1 amide bonds. The second-order valence-electron chi connectivity index (χ2n) is 9.86. The predicted molar refractivity (Wildman–Crippen MR) is 147 cm³/mol. The Morgan fingerprint density at radius 1 is 0.897 bits per heavy atom. The van der Waals surface area contributed by atoms with Gasteiger partial charge in [-0.2, -0.15) is 4.31 Å². The fourth-order valence-electron chi connectivity index (χ4n) is 4.94. The Bertz CT molecular complexity index is 1380. The van der Waals surface area contributed by atoms with Crippen LogP contribution >= 0.6 is 0 Å². The summed E-state index contributed by atoms with van der Waals surface area (Å²) in [5.41, 5.74) is 5.03. The van der Waals surface area contributed by atoms with Gasteiger partial charge in [-0.05, 0) is 35.9 Å². The summed E-state index contributed by atoms with van der Waals surface area (Å²) in [6.07, 6.45) is 2.64. The Balaban J connectivity index is 1.24. The van der Waals surface area contributed by atoms with Gasteiger partial charge in [-0.1, -0.05) is 36.4 Å². The molecule has 0 aliphatic carbocycles. The third kappa shape index (κ3) is 6.10. The van der Waals surface area contributed by atoms with E-state index in [1.807, 2.05) is 23.1 Å². The highest BCUT2D eigenvalue weighted by Gasteiger charge is 2.29. The van der Waals surface area contributed by atoms with E-state index in [1.165, 1.54) is 22.3 Å². The molecule has 2 fully saturated rings. The summed E-state index contributed by atoms with van der Waals surface area (Å²) in [6, 6.07) is 15.5. The number of hydrogen-bond donors (Lipinski definition) is 2. The minimum Gasteiger partial charge on any atom is -0.338 e. The molecule has 2 aromatic carbocycles. The maximum atomic E-state index is 13.4. The van der Waals surface area contributed by atoms with E-state index in [2.05, 4.69) is 45.0 Å². The minimum atomic E-state index is -3.65. The van der Waals surface area contributed by atoms with E-state index in [9.17, 15) is 13.2 Å². The van der Waals surface area contributed by atoms with Gasteiger partial charge in [0.2, 0.25) is 16.0 Å². The quantitative estimate of drug-likeness (QED) is 0.332. The second kappa shape index (κ2) is 11.8. The molecular formula is C27H33N7O4S. The standard InChI is InChI=1S/C27H33N7O4S/c1-31-10-12-32(13-11-31)20-22-4-2-3-5-25(22)21-6-8-24(9-7-21)39(37,38)34-16-14-33(15-17-34)27-28-18-23(19-29-27)26(35)30-36/h2-9,18-19,36H,10-17,20H2,1H3,(H,30,35). The molecule has 2 aliphatic rings. The number of rotatable bonds is 7. The van der Waals surface area contributed by atoms with Crippen LogP contribution in [-0.4, -0.2) is 103 Å². The van der Waals surface area contributed by atoms with Crippen LogP contribution in [0.5, 0.6) is 0 Å². The topological polar surface area (TPSA) is 122 Å². The molecule has 11 nitrogen and oxygen atoms in total. The summed E-state index contributed by atoms with van der Waals surface area (Å²) in [4.78, 5) is 26.8. The van der Waals surface area contributed by atoms with E-state index >= 15 is 0 Å². The van der Waals surface area contributed by atoms with Crippen LogP contribution in [0.15, 0.2) is 65.8 Å². The second-order valence-corrected chi connectivity index (χ2v) is 11.8. The van der Waals surface area contributed by atoms with E-state index in [-0.39, 0.29) is 10.5 Å². The zero-order valence-corrected chi connectivity index (χ0v) is 22.7. The first-order chi connectivity index (χ1) is 18.8. The lowest BCUT2D eigenvalue weighted by Crippen LogP contribution is -2.49. The zero-order valence-electron chi connectivity index (χ0n) is 21.9. The molecule has 0 unspecified atom stereocenters. The fourth-order valence-corrected chi connectivity index (χ4v) is 6.36. The van der Waals surface area contributed by atoms with Gasteiger partial charge in [0.05, 0.1) is 10.5 Å². The van der Waals surface area contributed by atoms with Crippen molar-refractivity contribution in [2.24, 2.45) is 0 Å². The third-order valence-corrected chi connectivity index (χ3v) is 9.25. The van der Waals surface area contributed by atoms with Crippen LogP contribution in [0.25, 0.3) is 11.1 Å². The molecule has 3 heterocycles. The van der Waals surface area contributed by atoms with Gasteiger partial charge < -0.3 is 9.80 Å². The molecular weight excluding hydrogens is 518 g/mol. The summed E-state index contributed by atoms with van der Waals surface area (Å²) >= 11 is 0. The molecule has 12 heteroatoms. The summed E-state index contributed by atoms with van der Waals surface area (Å²) in [6.45, 7) is 6.49. The van der Waals surface area contributed by atoms with Crippen molar-refractivity contribution in [3.05, 3.63) is 72.1 Å². The van der Waals surface area contributed by atoms with Crippen molar-refractivity contribution in [1.82, 2.24) is 29.6 Å². The summed E-state index contributed by atoms with van der Waals surface area (Å²) in [7, 11) is -1.50. The average Bonchev–Trinajstić information content (AvgIpc) is 2.98. The van der Waals surface area contributed by atoms with Crippen molar-refractivity contribution in [3.8, 4) is 11.1 Å². The number of carbonyl (C=O) groups is 1. The lowest BCUT2D eigenvalue weighted by Gasteiger charge is -2.34. The van der Waals surface area contributed by atoms with Gasteiger partial charge in [0.1, 0.15) is 0 Å². The summed E-state index contributed by atoms with van der Waals surface area (Å²) in [5, 5.41) is 8.73. The first kappa shape index (κ1) is 27.2. The van der Waals surface area contributed by atoms with Crippen molar-refractivity contribution in [1.29, 1.82) is 0 Å². The average molecular weight is 552 g/mol. The number of nitrogens with one attached hydrogen (secondary N) is 1. The number of amides is 1. The molecule has 2 N–H and O–H groups in total. The molecule has 2 saturated heterocycles. The third-order valence-electron chi connectivity index (χ3n) is 7.33. The lowest BCUT2D eigenvalue weighted by atomic mass is 9.99. The molecule has 0 spiro atoms. The van der Waals surface area contributed by atoms with E-state index in [0.717, 1.165) is 43.9 Å². The summed E-state index contributed by atoms with van der Waals surface area (Å²) < 4.78 is 28.2. The number of sulfonamides is 1. The number of nitrogens with zero attached hydrogens (tertiary/aromatic N) is 6. The molecule has 1 aromatic heterocycles. The van der Waals surface area contributed by atoms with E-state index in [4.69, 9.17) is 5.21 Å². The van der Waals surface area contributed by atoms with Gasteiger partial charge >= 0.3 is 0 Å². The van der Waals surface area contributed by atoms with Crippen LogP contribution in [-0.2, 0) is 16.6 Å². The van der Waals surface area contributed by atoms with Crippen molar-refractivity contribution in [2.45, 2.75) is 11.4 Å². The van der Waals surface area contributed by atoms with Crippen LogP contribution < -0.4 is 10.4 Å². The molecule has 5 rings (SSSR count). The molecule has 206 valence electrons. The number of carbonyl (C=O) groups excluding carboxylic acids is 1. The Hall–Kier alpha value is -3.42. The number of hydroxylamine groups is 1. The lowest BCUT2D eigenvalue weighted by molar-refractivity contribution is 0.0705. The molecule has 2 aliphatic heterocycles. The first-order valence-corrected chi connectivity index (χ1v) is 14.4. The number of likely N-dealkylation sites (N-methyl/N-ethyl adjacent to an activating group) is 1. The molecule has 0 saturated carbocycles. The molecule has 0 atom stereocenters. The molecule has 0 radical (unpaired) electrons.